The third-order valence-electron chi connectivity index (χ3n) is 5.35. The number of nitrogens with zero attached hydrogens (tertiary/aromatic N) is 2. The summed E-state index contributed by atoms with van der Waals surface area (Å²) in [7, 11) is 1.56. The highest BCUT2D eigenvalue weighted by molar-refractivity contribution is 6.31. The number of carbonyl (C=O) groups excluding carboxylic acids is 2. The molecule has 3 atom stereocenters. The van der Waals surface area contributed by atoms with Gasteiger partial charge in [0.1, 0.15) is 17.9 Å². The van der Waals surface area contributed by atoms with E-state index < -0.39 is 29.5 Å². The number of hydrogen-bond donors (Lipinski definition) is 2. The van der Waals surface area contributed by atoms with Gasteiger partial charge in [-0.3, -0.25) is 9.59 Å². The minimum absolute atomic E-state index is 0.186. The highest BCUT2D eigenvalue weighted by Crippen LogP contribution is 2.35. The molecule has 0 aliphatic carbocycles. The fourth-order valence-corrected chi connectivity index (χ4v) is 3.70. The van der Waals surface area contributed by atoms with Crippen LogP contribution in [0.5, 0.6) is 11.6 Å². The molecule has 30 heavy (non-hydrogen) atoms. The molecule has 2 heterocycles. The summed E-state index contributed by atoms with van der Waals surface area (Å²) in [5, 5.41) is 1.99. The molecule has 162 valence electrons. The second-order valence-electron chi connectivity index (χ2n) is 8.55. The number of halogens is 1. The lowest BCUT2D eigenvalue weighted by molar-refractivity contribution is -0.140. The summed E-state index contributed by atoms with van der Waals surface area (Å²) in [4.78, 5) is 30.7. The Morgan fingerprint density at radius 3 is 2.60 bits per heavy atom. The molecule has 0 saturated carbocycles. The van der Waals surface area contributed by atoms with Gasteiger partial charge in [-0.2, -0.15) is 0 Å². The van der Waals surface area contributed by atoms with Crippen LogP contribution in [-0.2, 0) is 9.59 Å². The molecule has 0 bridgehead atoms. The van der Waals surface area contributed by atoms with Gasteiger partial charge in [0.25, 0.3) is 0 Å². The Kier molecular flexibility index (Phi) is 6.10. The van der Waals surface area contributed by atoms with Crippen LogP contribution in [0.1, 0.15) is 27.2 Å². The van der Waals surface area contributed by atoms with Gasteiger partial charge in [-0.1, -0.05) is 32.4 Å². The number of amides is 2. The van der Waals surface area contributed by atoms with E-state index in [1.54, 1.807) is 25.4 Å². The van der Waals surface area contributed by atoms with E-state index >= 15 is 0 Å². The molecule has 1 aliphatic heterocycles. The summed E-state index contributed by atoms with van der Waals surface area (Å²) >= 11 is 6.16. The predicted molar refractivity (Wildman–Crippen MR) is 114 cm³/mol. The standard InChI is InChI=1S/C21H27ClN4O4/c1-21(2,3)17(23)20(28)26-10-12(8-15(26)18(24)27)30-19-14-7-11(22)5-6-13(14)16(29-4)9-25-19/h5-7,9,12,15,17H,8,10,23H2,1-4H3,(H2,24,27)/t12-,15+,17-/m1/s1. The molecule has 3 rings (SSSR count). The largest absolute Gasteiger partial charge is 0.494 e. The summed E-state index contributed by atoms with van der Waals surface area (Å²) < 4.78 is 11.5. The Labute approximate surface area is 180 Å². The van der Waals surface area contributed by atoms with Crippen molar-refractivity contribution in [2.24, 2.45) is 16.9 Å². The molecular formula is C21H27ClN4O4. The highest BCUT2D eigenvalue weighted by Gasteiger charge is 2.43. The first-order valence-electron chi connectivity index (χ1n) is 9.67. The smallest absolute Gasteiger partial charge is 0.240 e. The number of aromatic nitrogens is 1. The van der Waals surface area contributed by atoms with E-state index in [-0.39, 0.29) is 18.9 Å². The van der Waals surface area contributed by atoms with Crippen LogP contribution in [0.4, 0.5) is 0 Å². The number of nitrogens with two attached hydrogens (primary N) is 2. The maximum absolute atomic E-state index is 12.9. The number of likely N-dealkylation sites (tertiary alicyclic amines) is 1. The van der Waals surface area contributed by atoms with Crippen molar-refractivity contribution in [2.45, 2.75) is 45.4 Å². The lowest BCUT2D eigenvalue weighted by Crippen LogP contribution is -2.54. The Hall–Kier alpha value is -2.58. The predicted octanol–water partition coefficient (Wildman–Crippen LogP) is 2.10. The number of benzene rings is 1. The van der Waals surface area contributed by atoms with Gasteiger partial charge in [-0.25, -0.2) is 4.98 Å². The van der Waals surface area contributed by atoms with E-state index in [9.17, 15) is 9.59 Å². The van der Waals surface area contributed by atoms with Crippen molar-refractivity contribution in [2.75, 3.05) is 13.7 Å². The van der Waals surface area contributed by atoms with Crippen molar-refractivity contribution in [3.63, 3.8) is 0 Å². The van der Waals surface area contributed by atoms with Gasteiger partial charge in [0.2, 0.25) is 17.7 Å². The number of pyridine rings is 1. The molecule has 0 radical (unpaired) electrons. The van der Waals surface area contributed by atoms with Crippen LogP contribution in [0, 0.1) is 5.41 Å². The molecule has 2 amide bonds. The van der Waals surface area contributed by atoms with Crippen LogP contribution in [0.2, 0.25) is 5.02 Å². The quantitative estimate of drug-likeness (QED) is 0.743. The molecular weight excluding hydrogens is 408 g/mol. The zero-order valence-corrected chi connectivity index (χ0v) is 18.3. The van der Waals surface area contributed by atoms with Gasteiger partial charge in [0, 0.05) is 22.2 Å². The maximum Gasteiger partial charge on any atom is 0.240 e. The third kappa shape index (κ3) is 4.29. The molecule has 1 fully saturated rings. The first-order chi connectivity index (χ1) is 14.0. The van der Waals surface area contributed by atoms with E-state index in [0.29, 0.717) is 22.0 Å². The van der Waals surface area contributed by atoms with E-state index in [2.05, 4.69) is 4.98 Å². The zero-order valence-electron chi connectivity index (χ0n) is 17.5. The van der Waals surface area contributed by atoms with Gasteiger partial charge < -0.3 is 25.8 Å². The van der Waals surface area contributed by atoms with Crippen molar-refractivity contribution in [1.29, 1.82) is 0 Å². The fourth-order valence-electron chi connectivity index (χ4n) is 3.52. The molecule has 0 spiro atoms. The molecule has 8 nitrogen and oxygen atoms in total. The molecule has 1 aromatic carbocycles. The van der Waals surface area contributed by atoms with E-state index in [1.807, 2.05) is 26.8 Å². The average Bonchev–Trinajstić information content (AvgIpc) is 3.10. The normalized spacial score (nSPS) is 20.3. The van der Waals surface area contributed by atoms with Crippen LogP contribution >= 0.6 is 11.6 Å². The summed E-state index contributed by atoms with van der Waals surface area (Å²) in [5.74, 6) is 0.0125. The maximum atomic E-state index is 12.9. The molecule has 1 saturated heterocycles. The summed E-state index contributed by atoms with van der Waals surface area (Å²) in [6.07, 6.45) is 1.35. The Morgan fingerprint density at radius 1 is 1.30 bits per heavy atom. The number of primary amides is 1. The molecule has 0 unspecified atom stereocenters. The number of rotatable bonds is 5. The SMILES string of the molecule is COc1cnc(O[C@@H]2C[C@@H](C(N)=O)N(C(=O)[C@@H](N)C(C)(C)C)C2)c2cc(Cl)ccc12. The molecule has 1 aromatic heterocycles. The molecule has 9 heteroatoms. The molecule has 4 N–H and O–H groups in total. The van der Waals surface area contributed by atoms with E-state index in [1.165, 1.54) is 4.90 Å². The van der Waals surface area contributed by atoms with Gasteiger partial charge in [-0.15, -0.1) is 0 Å². The van der Waals surface area contributed by atoms with Gasteiger partial charge in [0.05, 0.1) is 25.9 Å². The summed E-state index contributed by atoms with van der Waals surface area (Å²) in [6, 6.07) is 3.76. The Balaban J connectivity index is 1.89. The van der Waals surface area contributed by atoms with E-state index in [4.69, 9.17) is 32.5 Å². The second-order valence-corrected chi connectivity index (χ2v) is 8.99. The highest BCUT2D eigenvalue weighted by atomic mass is 35.5. The molecule has 2 aromatic rings. The Bertz CT molecular complexity index is 975. The number of carbonyl (C=O) groups is 2. The number of fused-ring (bicyclic) bond motifs is 1. The van der Waals surface area contributed by atoms with Crippen LogP contribution in [0.15, 0.2) is 24.4 Å². The number of ether oxygens (including phenoxy) is 2. The van der Waals surface area contributed by atoms with Crippen LogP contribution in [0.25, 0.3) is 10.8 Å². The number of hydrogen-bond acceptors (Lipinski definition) is 6. The van der Waals surface area contributed by atoms with Crippen molar-refractivity contribution in [1.82, 2.24) is 9.88 Å². The average molecular weight is 435 g/mol. The second kappa shape index (κ2) is 8.28. The van der Waals surface area contributed by atoms with Gasteiger partial charge in [0.15, 0.2) is 0 Å². The first kappa shape index (κ1) is 22.1. The summed E-state index contributed by atoms with van der Waals surface area (Å²) in [5.41, 5.74) is 11.2. The lowest BCUT2D eigenvalue weighted by Gasteiger charge is -2.31. The van der Waals surface area contributed by atoms with Crippen molar-refractivity contribution in [3.8, 4) is 11.6 Å². The van der Waals surface area contributed by atoms with Gasteiger partial charge in [-0.05, 0) is 23.6 Å². The summed E-state index contributed by atoms with van der Waals surface area (Å²) in [6.45, 7) is 5.80. The van der Waals surface area contributed by atoms with Crippen LogP contribution in [0.3, 0.4) is 0 Å². The lowest BCUT2D eigenvalue weighted by atomic mass is 9.86. The third-order valence-corrected chi connectivity index (χ3v) is 5.58. The monoisotopic (exact) mass is 434 g/mol. The van der Waals surface area contributed by atoms with E-state index in [0.717, 1.165) is 5.39 Å². The van der Waals surface area contributed by atoms with Crippen molar-refractivity contribution >= 4 is 34.2 Å². The zero-order chi connectivity index (χ0) is 22.2. The van der Waals surface area contributed by atoms with Crippen molar-refractivity contribution in [3.05, 3.63) is 29.4 Å². The number of methoxy groups -OCH3 is 1. The minimum atomic E-state index is -0.788. The first-order valence-corrected chi connectivity index (χ1v) is 10.0. The van der Waals surface area contributed by atoms with Crippen LogP contribution in [-0.4, -0.2) is 53.5 Å². The fraction of sp³-hybridized carbons (Fsp3) is 0.476. The molecule has 1 aliphatic rings. The van der Waals surface area contributed by atoms with Crippen LogP contribution < -0.4 is 20.9 Å². The Morgan fingerprint density at radius 2 is 2.00 bits per heavy atom. The minimum Gasteiger partial charge on any atom is -0.494 e. The topological polar surface area (TPSA) is 121 Å². The van der Waals surface area contributed by atoms with Crippen molar-refractivity contribution < 1.29 is 19.1 Å². The van der Waals surface area contributed by atoms with Gasteiger partial charge >= 0.3 is 0 Å².